The molecule has 0 aliphatic carbocycles. The molecule has 0 bridgehead atoms. The quantitative estimate of drug-likeness (QED) is 0.853. The number of fused-ring (bicyclic) bond motifs is 1. The van der Waals surface area contributed by atoms with Crippen LogP contribution in [-0.4, -0.2) is 56.6 Å². The van der Waals surface area contributed by atoms with Crippen molar-refractivity contribution < 1.29 is 9.32 Å². The van der Waals surface area contributed by atoms with E-state index in [-0.39, 0.29) is 5.91 Å². The van der Waals surface area contributed by atoms with E-state index in [2.05, 4.69) is 21.5 Å². The lowest BCUT2D eigenvalue weighted by Gasteiger charge is -2.34. The number of amides is 1. The number of piperazine rings is 1. The summed E-state index contributed by atoms with van der Waals surface area (Å²) in [6.07, 6.45) is 5.03. The third-order valence-corrected chi connectivity index (χ3v) is 5.07. The largest absolute Gasteiger partial charge is 0.364 e. The van der Waals surface area contributed by atoms with E-state index in [1.54, 1.807) is 6.07 Å². The second-order valence-electron chi connectivity index (χ2n) is 6.62. The minimum Gasteiger partial charge on any atom is -0.364 e. The highest BCUT2D eigenvalue weighted by molar-refractivity contribution is 5.92. The summed E-state index contributed by atoms with van der Waals surface area (Å²) in [5.74, 6) is 1.20. The van der Waals surface area contributed by atoms with Gasteiger partial charge in [-0.3, -0.25) is 9.69 Å². The molecule has 1 amide bonds. The first-order valence-corrected chi connectivity index (χ1v) is 8.69. The number of rotatable bonds is 3. The lowest BCUT2D eigenvalue weighted by molar-refractivity contribution is 0.0615. The van der Waals surface area contributed by atoms with Gasteiger partial charge in [0, 0.05) is 51.8 Å². The highest BCUT2D eigenvalue weighted by Gasteiger charge is 2.25. The number of carbonyl (C=O) groups excluding carboxylic acids is 1. The molecule has 4 heterocycles. The van der Waals surface area contributed by atoms with Gasteiger partial charge in [0.2, 0.25) is 0 Å². The average molecular weight is 329 g/mol. The van der Waals surface area contributed by atoms with Gasteiger partial charge in [-0.1, -0.05) is 5.16 Å². The molecule has 1 saturated heterocycles. The zero-order valence-electron chi connectivity index (χ0n) is 14.1. The van der Waals surface area contributed by atoms with Crippen LogP contribution in [0.2, 0.25) is 0 Å². The molecular weight excluding hydrogens is 306 g/mol. The Balaban J connectivity index is 1.39. The molecule has 2 aromatic rings. The lowest BCUT2D eigenvalue weighted by atomic mass is 10.1. The number of hydrogen-bond acceptors (Lipinski definition) is 5. The zero-order valence-corrected chi connectivity index (χ0v) is 14.1. The Hall–Kier alpha value is -2.15. The van der Waals surface area contributed by atoms with Crippen LogP contribution < -0.4 is 0 Å². The van der Waals surface area contributed by atoms with Crippen LogP contribution in [0.5, 0.6) is 0 Å². The molecule has 2 aromatic heterocycles. The van der Waals surface area contributed by atoms with Gasteiger partial charge in [-0.2, -0.15) is 0 Å². The average Bonchev–Trinajstić information content (AvgIpc) is 3.24. The van der Waals surface area contributed by atoms with Gasteiger partial charge in [0.1, 0.15) is 12.1 Å². The van der Waals surface area contributed by atoms with Gasteiger partial charge in [0.25, 0.3) is 5.91 Å². The monoisotopic (exact) mass is 329 g/mol. The first-order valence-electron chi connectivity index (χ1n) is 8.69. The number of nitrogens with zero attached hydrogens (tertiary/aromatic N) is 5. The molecule has 7 nitrogen and oxygen atoms in total. The number of imidazole rings is 1. The second-order valence-corrected chi connectivity index (χ2v) is 6.62. The summed E-state index contributed by atoms with van der Waals surface area (Å²) < 4.78 is 7.17. The third-order valence-electron chi connectivity index (χ3n) is 5.07. The Morgan fingerprint density at radius 1 is 1.21 bits per heavy atom. The van der Waals surface area contributed by atoms with Crippen LogP contribution in [-0.2, 0) is 19.5 Å². The van der Waals surface area contributed by atoms with Crippen LogP contribution >= 0.6 is 0 Å². The number of hydrogen-bond donors (Lipinski definition) is 0. The van der Waals surface area contributed by atoms with Crippen molar-refractivity contribution >= 4 is 5.91 Å². The lowest BCUT2D eigenvalue weighted by Crippen LogP contribution is -2.48. The van der Waals surface area contributed by atoms with Crippen molar-refractivity contribution in [1.82, 2.24) is 24.5 Å². The molecule has 0 aromatic carbocycles. The van der Waals surface area contributed by atoms with Crippen LogP contribution in [0.1, 0.15) is 40.5 Å². The summed E-state index contributed by atoms with van der Waals surface area (Å²) in [7, 11) is 0. The molecule has 0 unspecified atom stereocenters. The number of aryl methyl sites for hydroxylation is 2. The van der Waals surface area contributed by atoms with Crippen molar-refractivity contribution in [3.63, 3.8) is 0 Å². The van der Waals surface area contributed by atoms with Crippen LogP contribution in [0, 0.1) is 6.92 Å². The standard InChI is InChI=1S/C17H23N5O2/c1-13-15(22-6-3-2-4-16(22)18-13)12-20-7-9-21(10-8-20)17(23)14-5-11-24-19-14/h5,11H,2-4,6-10,12H2,1H3. The van der Waals surface area contributed by atoms with Gasteiger partial charge in [-0.05, 0) is 19.8 Å². The van der Waals surface area contributed by atoms with Crippen LogP contribution in [0.25, 0.3) is 0 Å². The van der Waals surface area contributed by atoms with Crippen molar-refractivity contribution in [3.05, 3.63) is 35.2 Å². The minimum absolute atomic E-state index is 0.0405. The highest BCUT2D eigenvalue weighted by Crippen LogP contribution is 2.21. The first-order chi connectivity index (χ1) is 11.7. The molecule has 2 aliphatic heterocycles. The van der Waals surface area contributed by atoms with Gasteiger partial charge in [0.15, 0.2) is 5.69 Å². The van der Waals surface area contributed by atoms with Gasteiger partial charge in [0.05, 0.1) is 11.4 Å². The smallest absolute Gasteiger partial charge is 0.276 e. The SMILES string of the molecule is Cc1nc2n(c1CN1CCN(C(=O)c3ccon3)CC1)CCCC2. The Morgan fingerprint density at radius 3 is 2.79 bits per heavy atom. The van der Waals surface area contributed by atoms with Crippen LogP contribution in [0.15, 0.2) is 16.9 Å². The highest BCUT2D eigenvalue weighted by atomic mass is 16.5. The Kier molecular flexibility index (Phi) is 4.10. The molecule has 128 valence electrons. The Morgan fingerprint density at radius 2 is 2.04 bits per heavy atom. The molecule has 7 heteroatoms. The maximum absolute atomic E-state index is 12.3. The number of carbonyl (C=O) groups is 1. The van der Waals surface area contributed by atoms with E-state index in [0.29, 0.717) is 5.69 Å². The first kappa shape index (κ1) is 15.4. The predicted octanol–water partition coefficient (Wildman–Crippen LogP) is 1.47. The molecule has 0 atom stereocenters. The fourth-order valence-electron chi connectivity index (χ4n) is 3.68. The van der Waals surface area contributed by atoms with Crippen molar-refractivity contribution in [1.29, 1.82) is 0 Å². The molecule has 4 rings (SSSR count). The summed E-state index contributed by atoms with van der Waals surface area (Å²) in [6.45, 7) is 7.34. The zero-order chi connectivity index (χ0) is 16.5. The molecule has 0 radical (unpaired) electrons. The van der Waals surface area contributed by atoms with E-state index in [0.717, 1.165) is 51.4 Å². The Bertz CT molecular complexity index is 714. The fraction of sp³-hybridized carbons (Fsp3) is 0.588. The van der Waals surface area contributed by atoms with Gasteiger partial charge >= 0.3 is 0 Å². The molecule has 0 N–H and O–H groups in total. The van der Waals surface area contributed by atoms with Crippen molar-refractivity contribution in [3.8, 4) is 0 Å². The Labute approximate surface area is 141 Å². The summed E-state index contributed by atoms with van der Waals surface area (Å²) in [5, 5.41) is 3.74. The summed E-state index contributed by atoms with van der Waals surface area (Å²) in [6, 6.07) is 1.62. The van der Waals surface area contributed by atoms with E-state index >= 15 is 0 Å². The molecule has 0 spiro atoms. The normalized spacial score (nSPS) is 18.6. The fourth-order valence-corrected chi connectivity index (χ4v) is 3.68. The van der Waals surface area contributed by atoms with Gasteiger partial charge in [-0.25, -0.2) is 4.98 Å². The summed E-state index contributed by atoms with van der Waals surface area (Å²) in [4.78, 5) is 21.3. The molecule has 24 heavy (non-hydrogen) atoms. The molecule has 0 saturated carbocycles. The van der Waals surface area contributed by atoms with Crippen LogP contribution in [0.4, 0.5) is 0 Å². The molecular formula is C17H23N5O2. The van der Waals surface area contributed by atoms with E-state index in [4.69, 9.17) is 9.51 Å². The number of aromatic nitrogens is 3. The van der Waals surface area contributed by atoms with Crippen molar-refractivity contribution in [2.24, 2.45) is 0 Å². The van der Waals surface area contributed by atoms with E-state index < -0.39 is 0 Å². The van der Waals surface area contributed by atoms with E-state index in [1.807, 2.05) is 4.90 Å². The third kappa shape index (κ3) is 2.84. The van der Waals surface area contributed by atoms with Crippen LogP contribution in [0.3, 0.4) is 0 Å². The van der Waals surface area contributed by atoms with Crippen molar-refractivity contribution in [2.75, 3.05) is 26.2 Å². The molecule has 1 fully saturated rings. The summed E-state index contributed by atoms with van der Waals surface area (Å²) in [5.41, 5.74) is 2.90. The predicted molar refractivity (Wildman–Crippen MR) is 87.6 cm³/mol. The second kappa shape index (κ2) is 6.39. The van der Waals surface area contributed by atoms with Gasteiger partial charge < -0.3 is 14.0 Å². The van der Waals surface area contributed by atoms with Gasteiger partial charge in [-0.15, -0.1) is 0 Å². The maximum atomic E-state index is 12.3. The maximum Gasteiger partial charge on any atom is 0.276 e. The summed E-state index contributed by atoms with van der Waals surface area (Å²) >= 11 is 0. The molecule has 2 aliphatic rings. The topological polar surface area (TPSA) is 67.4 Å². The van der Waals surface area contributed by atoms with E-state index in [9.17, 15) is 4.79 Å². The van der Waals surface area contributed by atoms with Crippen molar-refractivity contribution in [2.45, 2.75) is 39.3 Å². The minimum atomic E-state index is -0.0405. The van der Waals surface area contributed by atoms with E-state index in [1.165, 1.54) is 30.6 Å².